The Kier molecular flexibility index (Phi) is 6.54. The van der Waals surface area contributed by atoms with Gasteiger partial charge >= 0.3 is 0 Å². The van der Waals surface area contributed by atoms with Crippen molar-refractivity contribution in [1.29, 1.82) is 0 Å². The Labute approximate surface area is 157 Å². The van der Waals surface area contributed by atoms with E-state index in [0.29, 0.717) is 35.5 Å². The summed E-state index contributed by atoms with van der Waals surface area (Å²) < 4.78 is 26.6. The second-order valence-electron chi connectivity index (χ2n) is 6.25. The van der Waals surface area contributed by atoms with Crippen LogP contribution in [0, 0.1) is 5.92 Å². The highest BCUT2D eigenvalue weighted by molar-refractivity contribution is 5.92. The number of ether oxygens (including phenoxy) is 4. The molecule has 1 N–H and O–H groups in total. The van der Waals surface area contributed by atoms with Crippen LogP contribution in [-0.2, 0) is 11.3 Å². The molecule has 0 atom stereocenters. The minimum atomic E-state index is -0.248. The average molecular weight is 376 g/mol. The summed E-state index contributed by atoms with van der Waals surface area (Å²) in [5, 5.41) is 6.71. The van der Waals surface area contributed by atoms with Crippen LogP contribution in [0.15, 0.2) is 28.8 Å². The van der Waals surface area contributed by atoms with Crippen molar-refractivity contribution in [2.24, 2.45) is 5.92 Å². The number of rotatable bonds is 8. The first kappa shape index (κ1) is 19.0. The van der Waals surface area contributed by atoms with Gasteiger partial charge in [-0.25, -0.2) is 0 Å². The monoisotopic (exact) mass is 376 g/mol. The molecule has 2 heterocycles. The topological polar surface area (TPSA) is 92.1 Å². The van der Waals surface area contributed by atoms with Crippen molar-refractivity contribution >= 4 is 5.91 Å². The van der Waals surface area contributed by atoms with Gasteiger partial charge in [-0.2, -0.15) is 0 Å². The Balaban J connectivity index is 1.50. The Hall–Kier alpha value is -2.74. The fourth-order valence-electron chi connectivity index (χ4n) is 2.83. The highest BCUT2D eigenvalue weighted by Crippen LogP contribution is 2.31. The number of carbonyl (C=O) groups is 1. The van der Waals surface area contributed by atoms with Crippen molar-refractivity contribution in [3.63, 3.8) is 0 Å². The third kappa shape index (κ3) is 5.13. The second kappa shape index (κ2) is 9.27. The zero-order chi connectivity index (χ0) is 19.1. The van der Waals surface area contributed by atoms with E-state index in [1.165, 1.54) is 0 Å². The lowest BCUT2D eigenvalue weighted by Gasteiger charge is -2.21. The number of nitrogens with zero attached hydrogens (tertiary/aromatic N) is 1. The molecule has 1 aromatic heterocycles. The van der Waals surface area contributed by atoms with Crippen molar-refractivity contribution in [3.05, 3.63) is 35.7 Å². The van der Waals surface area contributed by atoms with Gasteiger partial charge in [-0.3, -0.25) is 4.79 Å². The molecule has 27 heavy (non-hydrogen) atoms. The van der Waals surface area contributed by atoms with Crippen LogP contribution >= 0.6 is 0 Å². The first-order chi connectivity index (χ1) is 13.2. The molecule has 0 bridgehead atoms. The fraction of sp³-hybridized carbons (Fsp3) is 0.474. The highest BCUT2D eigenvalue weighted by atomic mass is 16.5. The quantitative estimate of drug-likeness (QED) is 0.756. The summed E-state index contributed by atoms with van der Waals surface area (Å²) in [5.74, 6) is 2.44. The van der Waals surface area contributed by atoms with Crippen LogP contribution in [0.1, 0.15) is 29.1 Å². The maximum atomic E-state index is 12.2. The maximum absolute atomic E-state index is 12.2. The molecule has 1 amide bonds. The summed E-state index contributed by atoms with van der Waals surface area (Å²) in [6.07, 6.45) is 1.92. The minimum Gasteiger partial charge on any atom is -0.493 e. The van der Waals surface area contributed by atoms with E-state index in [-0.39, 0.29) is 18.2 Å². The summed E-state index contributed by atoms with van der Waals surface area (Å²) in [4.78, 5) is 12.2. The number of benzene rings is 1. The van der Waals surface area contributed by atoms with Gasteiger partial charge in [0, 0.05) is 31.9 Å². The molecule has 1 saturated heterocycles. The molecule has 0 saturated carbocycles. The molecular weight excluding hydrogens is 352 g/mol. The van der Waals surface area contributed by atoms with Gasteiger partial charge in [-0.1, -0.05) is 5.16 Å². The molecule has 3 rings (SSSR count). The van der Waals surface area contributed by atoms with E-state index in [1.54, 1.807) is 38.5 Å². The van der Waals surface area contributed by atoms with Crippen LogP contribution in [-0.4, -0.2) is 45.0 Å². The summed E-state index contributed by atoms with van der Waals surface area (Å²) in [6.45, 7) is 2.27. The number of methoxy groups -OCH3 is 2. The van der Waals surface area contributed by atoms with E-state index < -0.39 is 0 Å². The van der Waals surface area contributed by atoms with Crippen molar-refractivity contribution in [2.75, 3.05) is 34.0 Å². The zero-order valence-corrected chi connectivity index (χ0v) is 15.5. The predicted octanol–water partition coefficient (Wildman–Crippen LogP) is 2.43. The van der Waals surface area contributed by atoms with E-state index in [0.717, 1.165) is 26.1 Å². The maximum Gasteiger partial charge on any atom is 0.273 e. The van der Waals surface area contributed by atoms with E-state index in [2.05, 4.69) is 10.5 Å². The third-order valence-corrected chi connectivity index (χ3v) is 4.42. The Morgan fingerprint density at radius 1 is 1.19 bits per heavy atom. The number of hydrogen-bond acceptors (Lipinski definition) is 7. The van der Waals surface area contributed by atoms with Gasteiger partial charge in [0.25, 0.3) is 5.91 Å². The standard InChI is InChI=1S/C19H24N2O6/c1-23-17-4-3-14(10-18(17)24-2)26-12-15-9-16(21-27-15)19(22)20-11-13-5-7-25-8-6-13/h3-4,9-10,13H,5-8,11-12H2,1-2H3,(H,20,22). The number of amides is 1. The summed E-state index contributed by atoms with van der Waals surface area (Å²) >= 11 is 0. The number of nitrogens with one attached hydrogen (secondary N) is 1. The smallest absolute Gasteiger partial charge is 0.273 e. The van der Waals surface area contributed by atoms with E-state index in [4.69, 9.17) is 23.5 Å². The molecule has 0 unspecified atom stereocenters. The van der Waals surface area contributed by atoms with Gasteiger partial charge in [-0.05, 0) is 30.9 Å². The normalized spacial score (nSPS) is 14.6. The van der Waals surface area contributed by atoms with Crippen molar-refractivity contribution in [1.82, 2.24) is 10.5 Å². The Morgan fingerprint density at radius 2 is 1.96 bits per heavy atom. The molecule has 146 valence electrons. The molecule has 0 aliphatic carbocycles. The van der Waals surface area contributed by atoms with E-state index in [1.807, 2.05) is 0 Å². The summed E-state index contributed by atoms with van der Waals surface area (Å²) in [6, 6.07) is 6.82. The first-order valence-corrected chi connectivity index (χ1v) is 8.86. The molecule has 8 heteroatoms. The van der Waals surface area contributed by atoms with Crippen LogP contribution in [0.5, 0.6) is 17.2 Å². The van der Waals surface area contributed by atoms with Crippen molar-refractivity contribution < 1.29 is 28.3 Å². The van der Waals surface area contributed by atoms with Gasteiger partial charge in [0.1, 0.15) is 12.4 Å². The summed E-state index contributed by atoms with van der Waals surface area (Å²) in [5.41, 5.74) is 0.243. The van der Waals surface area contributed by atoms with Gasteiger partial charge in [0.2, 0.25) is 0 Å². The van der Waals surface area contributed by atoms with Crippen LogP contribution in [0.4, 0.5) is 0 Å². The fourth-order valence-corrected chi connectivity index (χ4v) is 2.83. The van der Waals surface area contributed by atoms with Gasteiger partial charge in [0.15, 0.2) is 23.0 Å². The third-order valence-electron chi connectivity index (χ3n) is 4.42. The Morgan fingerprint density at radius 3 is 2.70 bits per heavy atom. The molecule has 8 nitrogen and oxygen atoms in total. The molecule has 1 aromatic carbocycles. The van der Waals surface area contributed by atoms with Crippen molar-refractivity contribution in [3.8, 4) is 17.2 Å². The first-order valence-electron chi connectivity index (χ1n) is 8.86. The summed E-state index contributed by atoms with van der Waals surface area (Å²) in [7, 11) is 3.13. The highest BCUT2D eigenvalue weighted by Gasteiger charge is 2.17. The zero-order valence-electron chi connectivity index (χ0n) is 15.5. The predicted molar refractivity (Wildman–Crippen MR) is 96.3 cm³/mol. The van der Waals surface area contributed by atoms with Crippen LogP contribution in [0.3, 0.4) is 0 Å². The average Bonchev–Trinajstić information content (AvgIpc) is 3.20. The lowest BCUT2D eigenvalue weighted by atomic mass is 10.0. The molecule has 0 radical (unpaired) electrons. The molecule has 1 aliphatic heterocycles. The lowest BCUT2D eigenvalue weighted by molar-refractivity contribution is 0.0641. The molecule has 1 fully saturated rings. The van der Waals surface area contributed by atoms with Crippen molar-refractivity contribution in [2.45, 2.75) is 19.4 Å². The van der Waals surface area contributed by atoms with Crippen LogP contribution < -0.4 is 19.5 Å². The largest absolute Gasteiger partial charge is 0.493 e. The van der Waals surface area contributed by atoms with Crippen LogP contribution in [0.2, 0.25) is 0 Å². The SMILES string of the molecule is COc1ccc(OCc2cc(C(=O)NCC3CCOCC3)no2)cc1OC. The van der Waals surface area contributed by atoms with Gasteiger partial charge < -0.3 is 28.8 Å². The van der Waals surface area contributed by atoms with Gasteiger partial charge in [0.05, 0.1) is 14.2 Å². The molecule has 1 aliphatic rings. The van der Waals surface area contributed by atoms with E-state index >= 15 is 0 Å². The lowest BCUT2D eigenvalue weighted by Crippen LogP contribution is -2.32. The molecule has 0 spiro atoms. The van der Waals surface area contributed by atoms with E-state index in [9.17, 15) is 4.79 Å². The van der Waals surface area contributed by atoms with Gasteiger partial charge in [-0.15, -0.1) is 0 Å². The number of hydrogen-bond donors (Lipinski definition) is 1. The number of aromatic nitrogens is 1. The van der Waals surface area contributed by atoms with Crippen LogP contribution in [0.25, 0.3) is 0 Å². The molecule has 2 aromatic rings. The number of carbonyl (C=O) groups excluding carboxylic acids is 1. The minimum absolute atomic E-state index is 0.149. The second-order valence-corrected chi connectivity index (χ2v) is 6.25. The Bertz CT molecular complexity index is 754. The molecular formula is C19H24N2O6.